The van der Waals surface area contributed by atoms with Crippen molar-refractivity contribution in [2.24, 2.45) is 7.05 Å². The highest BCUT2D eigenvalue weighted by atomic mass is 16.3. The van der Waals surface area contributed by atoms with Crippen molar-refractivity contribution in [3.63, 3.8) is 0 Å². The van der Waals surface area contributed by atoms with Crippen molar-refractivity contribution in [3.8, 4) is 11.5 Å². The third-order valence-corrected chi connectivity index (χ3v) is 2.72. The molecule has 1 heterocycles. The Morgan fingerprint density at radius 2 is 2.00 bits per heavy atom. The van der Waals surface area contributed by atoms with E-state index in [4.69, 9.17) is 0 Å². The molecule has 3 N–H and O–H groups in total. The summed E-state index contributed by atoms with van der Waals surface area (Å²) in [5, 5.41) is 21.3. The second-order valence-electron chi connectivity index (χ2n) is 4.20. The first-order chi connectivity index (χ1) is 9.06. The fraction of sp³-hybridized carbons (Fsp3) is 0.231. The van der Waals surface area contributed by atoms with E-state index in [1.54, 1.807) is 6.20 Å². The van der Waals surface area contributed by atoms with Crippen LogP contribution in [0.15, 0.2) is 30.6 Å². The third-order valence-electron chi connectivity index (χ3n) is 2.72. The highest BCUT2D eigenvalue weighted by molar-refractivity contribution is 5.95. The van der Waals surface area contributed by atoms with Crippen molar-refractivity contribution in [1.29, 1.82) is 0 Å². The molecule has 0 atom stereocenters. The number of imidazole rings is 1. The van der Waals surface area contributed by atoms with E-state index in [1.165, 1.54) is 18.2 Å². The number of aryl methyl sites for hydroxylation is 1. The normalized spacial score (nSPS) is 10.4. The van der Waals surface area contributed by atoms with E-state index in [2.05, 4.69) is 10.3 Å². The molecule has 0 aliphatic carbocycles. The summed E-state index contributed by atoms with van der Waals surface area (Å²) in [6.45, 7) is 0.431. The quantitative estimate of drug-likeness (QED) is 0.759. The molecule has 6 heteroatoms. The van der Waals surface area contributed by atoms with E-state index in [1.807, 2.05) is 17.8 Å². The van der Waals surface area contributed by atoms with Gasteiger partial charge in [-0.2, -0.15) is 0 Å². The van der Waals surface area contributed by atoms with E-state index < -0.39 is 0 Å². The first-order valence-electron chi connectivity index (χ1n) is 5.83. The van der Waals surface area contributed by atoms with Crippen LogP contribution >= 0.6 is 0 Å². The Bertz CT molecular complexity index is 572. The Hall–Kier alpha value is -2.50. The lowest BCUT2D eigenvalue weighted by atomic mass is 10.2. The van der Waals surface area contributed by atoms with E-state index in [9.17, 15) is 15.0 Å². The molecule has 0 radical (unpaired) electrons. The van der Waals surface area contributed by atoms with Crippen molar-refractivity contribution in [2.75, 3.05) is 6.54 Å². The van der Waals surface area contributed by atoms with Crippen LogP contribution in [0.25, 0.3) is 0 Å². The summed E-state index contributed by atoms with van der Waals surface area (Å²) in [6, 6.07) is 3.77. The zero-order chi connectivity index (χ0) is 13.8. The van der Waals surface area contributed by atoms with Crippen LogP contribution in [-0.2, 0) is 13.5 Å². The third kappa shape index (κ3) is 3.25. The van der Waals surface area contributed by atoms with Crippen LogP contribution in [0, 0.1) is 0 Å². The van der Waals surface area contributed by atoms with Crippen LogP contribution in [0.1, 0.15) is 16.2 Å². The molecule has 0 aliphatic rings. The Morgan fingerprint density at radius 1 is 1.32 bits per heavy atom. The van der Waals surface area contributed by atoms with Crippen LogP contribution < -0.4 is 5.32 Å². The topological polar surface area (TPSA) is 87.4 Å². The van der Waals surface area contributed by atoms with Crippen molar-refractivity contribution in [2.45, 2.75) is 6.42 Å². The van der Waals surface area contributed by atoms with Crippen LogP contribution in [-0.4, -0.2) is 32.2 Å². The summed E-state index contributed by atoms with van der Waals surface area (Å²) in [5.41, 5.74) is 0.220. The lowest BCUT2D eigenvalue weighted by molar-refractivity contribution is 0.0953. The predicted molar refractivity (Wildman–Crippen MR) is 69.0 cm³/mol. The van der Waals surface area contributed by atoms with Gasteiger partial charge in [-0.15, -0.1) is 0 Å². The van der Waals surface area contributed by atoms with Crippen LogP contribution in [0.3, 0.4) is 0 Å². The molecule has 0 saturated carbocycles. The van der Waals surface area contributed by atoms with Gasteiger partial charge in [-0.25, -0.2) is 4.98 Å². The van der Waals surface area contributed by atoms with E-state index >= 15 is 0 Å². The molecule has 0 unspecified atom stereocenters. The van der Waals surface area contributed by atoms with E-state index in [0.717, 1.165) is 5.82 Å². The number of rotatable bonds is 4. The van der Waals surface area contributed by atoms with Gasteiger partial charge < -0.3 is 20.1 Å². The molecule has 1 amide bonds. The fourth-order valence-corrected chi connectivity index (χ4v) is 1.75. The minimum absolute atomic E-state index is 0.144. The van der Waals surface area contributed by atoms with Gasteiger partial charge in [0.25, 0.3) is 5.91 Å². The minimum atomic E-state index is -0.347. The molecule has 2 aromatic rings. The number of benzene rings is 1. The standard InChI is InChI=1S/C13H15N3O3/c1-16-5-4-14-12(16)2-3-15-13(19)9-6-10(17)8-11(18)7-9/h4-8,17-18H,2-3H2,1H3,(H,15,19). The number of amides is 1. The molecule has 2 rings (SSSR count). The number of phenols is 2. The number of aromatic nitrogens is 2. The van der Waals surface area contributed by atoms with Gasteiger partial charge in [0.15, 0.2) is 0 Å². The van der Waals surface area contributed by atoms with Crippen LogP contribution in [0.2, 0.25) is 0 Å². The van der Waals surface area contributed by atoms with E-state index in [-0.39, 0.29) is 23.0 Å². The molecule has 0 fully saturated rings. The molecule has 19 heavy (non-hydrogen) atoms. The Kier molecular flexibility index (Phi) is 3.70. The van der Waals surface area contributed by atoms with Gasteiger partial charge in [-0.1, -0.05) is 0 Å². The van der Waals surface area contributed by atoms with Gasteiger partial charge >= 0.3 is 0 Å². The lowest BCUT2D eigenvalue weighted by Gasteiger charge is -2.06. The average molecular weight is 261 g/mol. The summed E-state index contributed by atoms with van der Waals surface area (Å²) in [4.78, 5) is 15.9. The lowest BCUT2D eigenvalue weighted by Crippen LogP contribution is -2.26. The van der Waals surface area contributed by atoms with Crippen molar-refractivity contribution < 1.29 is 15.0 Å². The van der Waals surface area contributed by atoms with Crippen molar-refractivity contribution in [1.82, 2.24) is 14.9 Å². The smallest absolute Gasteiger partial charge is 0.251 e. The average Bonchev–Trinajstić information content (AvgIpc) is 2.74. The van der Waals surface area contributed by atoms with Crippen LogP contribution in [0.5, 0.6) is 11.5 Å². The zero-order valence-electron chi connectivity index (χ0n) is 10.5. The maximum atomic E-state index is 11.8. The number of hydrogen-bond donors (Lipinski definition) is 3. The Labute approximate surface area is 110 Å². The van der Waals surface area contributed by atoms with Crippen LogP contribution in [0.4, 0.5) is 0 Å². The van der Waals surface area contributed by atoms with Crippen molar-refractivity contribution in [3.05, 3.63) is 42.0 Å². The summed E-state index contributed by atoms with van der Waals surface area (Å²) in [5.74, 6) is 0.239. The Morgan fingerprint density at radius 3 is 2.58 bits per heavy atom. The number of carbonyl (C=O) groups is 1. The SMILES string of the molecule is Cn1ccnc1CCNC(=O)c1cc(O)cc(O)c1. The molecule has 0 spiro atoms. The van der Waals surface area contributed by atoms with Gasteiger partial charge in [-0.3, -0.25) is 4.79 Å². The van der Waals surface area contributed by atoms with Gasteiger partial charge in [-0.05, 0) is 12.1 Å². The number of carbonyl (C=O) groups excluding carboxylic acids is 1. The molecular weight excluding hydrogens is 246 g/mol. The maximum absolute atomic E-state index is 11.8. The predicted octanol–water partition coefficient (Wildman–Crippen LogP) is 0.804. The Balaban J connectivity index is 1.92. The summed E-state index contributed by atoms with van der Waals surface area (Å²) in [7, 11) is 1.89. The van der Waals surface area contributed by atoms with Crippen molar-refractivity contribution >= 4 is 5.91 Å². The molecule has 6 nitrogen and oxygen atoms in total. The summed E-state index contributed by atoms with van der Waals surface area (Å²) >= 11 is 0. The molecule has 0 aliphatic heterocycles. The molecule has 1 aromatic heterocycles. The number of hydrogen-bond acceptors (Lipinski definition) is 4. The molecule has 0 bridgehead atoms. The fourth-order valence-electron chi connectivity index (χ4n) is 1.75. The van der Waals surface area contributed by atoms with Gasteiger partial charge in [0.05, 0.1) is 0 Å². The highest BCUT2D eigenvalue weighted by Gasteiger charge is 2.08. The monoisotopic (exact) mass is 261 g/mol. The number of phenolic OH excluding ortho intramolecular Hbond substituents is 2. The highest BCUT2D eigenvalue weighted by Crippen LogP contribution is 2.20. The number of nitrogens with zero attached hydrogens (tertiary/aromatic N) is 2. The zero-order valence-corrected chi connectivity index (χ0v) is 10.5. The first kappa shape index (κ1) is 12.9. The summed E-state index contributed by atoms with van der Waals surface area (Å²) < 4.78 is 1.88. The first-order valence-corrected chi connectivity index (χ1v) is 5.83. The van der Waals surface area contributed by atoms with Gasteiger partial charge in [0, 0.05) is 44.0 Å². The molecular formula is C13H15N3O3. The second kappa shape index (κ2) is 5.43. The largest absolute Gasteiger partial charge is 0.508 e. The van der Waals surface area contributed by atoms with Gasteiger partial charge in [0.1, 0.15) is 17.3 Å². The molecule has 0 saturated heterocycles. The van der Waals surface area contributed by atoms with Gasteiger partial charge in [0.2, 0.25) is 0 Å². The number of aromatic hydroxyl groups is 2. The maximum Gasteiger partial charge on any atom is 0.251 e. The molecule has 100 valence electrons. The second-order valence-corrected chi connectivity index (χ2v) is 4.20. The number of nitrogens with one attached hydrogen (secondary N) is 1. The van der Waals surface area contributed by atoms with E-state index in [0.29, 0.717) is 13.0 Å². The molecule has 1 aromatic carbocycles. The summed E-state index contributed by atoms with van der Waals surface area (Å²) in [6.07, 6.45) is 4.15. The minimum Gasteiger partial charge on any atom is -0.508 e.